The highest BCUT2D eigenvalue weighted by atomic mass is 16.5. The van der Waals surface area contributed by atoms with E-state index in [1.54, 1.807) is 7.11 Å². The van der Waals surface area contributed by atoms with Gasteiger partial charge in [-0.2, -0.15) is 0 Å². The summed E-state index contributed by atoms with van der Waals surface area (Å²) in [5.74, 6) is 0.834. The quantitative estimate of drug-likeness (QED) is 0.916. The van der Waals surface area contributed by atoms with Crippen molar-refractivity contribution in [2.24, 2.45) is 0 Å². The van der Waals surface area contributed by atoms with Crippen molar-refractivity contribution in [1.82, 2.24) is 5.32 Å². The molecule has 2 aromatic rings. The van der Waals surface area contributed by atoms with E-state index in [0.29, 0.717) is 12.1 Å². The fourth-order valence-corrected chi connectivity index (χ4v) is 2.40. The third kappa shape index (κ3) is 3.88. The molecule has 3 heteroatoms. The number of aryl methyl sites for hydroxylation is 3. The van der Waals surface area contributed by atoms with Crippen LogP contribution in [0, 0.1) is 20.8 Å². The first-order valence-corrected chi connectivity index (χ1v) is 7.50. The molecule has 0 heterocycles. The molecule has 1 N–H and O–H groups in total. The van der Waals surface area contributed by atoms with Crippen LogP contribution in [0.4, 0.5) is 0 Å². The van der Waals surface area contributed by atoms with Gasteiger partial charge in [0.15, 0.2) is 0 Å². The first-order chi connectivity index (χ1) is 10.5. The largest absolute Gasteiger partial charge is 0.496 e. The molecule has 0 atom stereocenters. The van der Waals surface area contributed by atoms with E-state index in [1.165, 1.54) is 11.1 Å². The molecule has 0 aliphatic rings. The molecule has 0 aliphatic carbocycles. The molecule has 0 saturated carbocycles. The first-order valence-electron chi connectivity index (χ1n) is 7.50. The number of nitrogens with one attached hydrogen (secondary N) is 1. The van der Waals surface area contributed by atoms with Gasteiger partial charge in [-0.15, -0.1) is 0 Å². The Labute approximate surface area is 132 Å². The van der Waals surface area contributed by atoms with Gasteiger partial charge in [-0.3, -0.25) is 4.79 Å². The van der Waals surface area contributed by atoms with E-state index < -0.39 is 0 Å². The summed E-state index contributed by atoms with van der Waals surface area (Å²) in [6, 6.07) is 11.9. The maximum atomic E-state index is 12.2. The van der Waals surface area contributed by atoms with Crippen molar-refractivity contribution in [3.63, 3.8) is 0 Å². The minimum absolute atomic E-state index is 0.0327. The van der Waals surface area contributed by atoms with Crippen molar-refractivity contribution in [1.29, 1.82) is 0 Å². The van der Waals surface area contributed by atoms with Crippen molar-refractivity contribution in [3.8, 4) is 5.75 Å². The van der Waals surface area contributed by atoms with Crippen LogP contribution in [0.3, 0.4) is 0 Å². The van der Waals surface area contributed by atoms with Gasteiger partial charge in [0.2, 0.25) is 0 Å². The monoisotopic (exact) mass is 297 g/mol. The van der Waals surface area contributed by atoms with E-state index in [-0.39, 0.29) is 5.91 Å². The first kappa shape index (κ1) is 16.1. The molecule has 0 saturated heterocycles. The van der Waals surface area contributed by atoms with Crippen LogP contribution in [-0.2, 0) is 6.42 Å². The predicted molar refractivity (Wildman–Crippen MR) is 89.7 cm³/mol. The predicted octanol–water partition coefficient (Wildman–Crippen LogP) is 3.59. The van der Waals surface area contributed by atoms with E-state index in [9.17, 15) is 4.79 Å². The SMILES string of the molecule is COc1ccc(C)cc1CCNC(=O)c1ccc(C)c(C)c1. The number of methoxy groups -OCH3 is 1. The molecule has 22 heavy (non-hydrogen) atoms. The third-order valence-electron chi connectivity index (χ3n) is 3.88. The smallest absolute Gasteiger partial charge is 0.251 e. The lowest BCUT2D eigenvalue weighted by molar-refractivity contribution is 0.0954. The van der Waals surface area contributed by atoms with Gasteiger partial charge in [0, 0.05) is 12.1 Å². The van der Waals surface area contributed by atoms with Gasteiger partial charge in [0.25, 0.3) is 5.91 Å². The molecule has 1 amide bonds. The van der Waals surface area contributed by atoms with E-state index in [0.717, 1.165) is 23.3 Å². The van der Waals surface area contributed by atoms with Crippen molar-refractivity contribution in [2.75, 3.05) is 13.7 Å². The number of hydrogen-bond donors (Lipinski definition) is 1. The average Bonchev–Trinajstić information content (AvgIpc) is 2.50. The van der Waals surface area contributed by atoms with Crippen molar-refractivity contribution >= 4 is 5.91 Å². The van der Waals surface area contributed by atoms with E-state index >= 15 is 0 Å². The summed E-state index contributed by atoms with van der Waals surface area (Å²) in [4.78, 5) is 12.2. The van der Waals surface area contributed by atoms with Crippen molar-refractivity contribution in [2.45, 2.75) is 27.2 Å². The van der Waals surface area contributed by atoms with Crippen LogP contribution >= 0.6 is 0 Å². The molecule has 0 aliphatic heterocycles. The molecule has 0 unspecified atom stereocenters. The second-order valence-electron chi connectivity index (χ2n) is 5.62. The lowest BCUT2D eigenvalue weighted by atomic mass is 10.1. The Morgan fingerprint density at radius 2 is 1.82 bits per heavy atom. The Hall–Kier alpha value is -2.29. The molecule has 116 valence electrons. The number of hydrogen-bond acceptors (Lipinski definition) is 2. The highest BCUT2D eigenvalue weighted by molar-refractivity contribution is 5.94. The highest BCUT2D eigenvalue weighted by Gasteiger charge is 2.08. The normalized spacial score (nSPS) is 10.4. The number of carbonyl (C=O) groups is 1. The second kappa shape index (κ2) is 7.12. The minimum Gasteiger partial charge on any atom is -0.496 e. The van der Waals surface area contributed by atoms with Crippen molar-refractivity contribution in [3.05, 3.63) is 64.2 Å². The number of rotatable bonds is 5. The second-order valence-corrected chi connectivity index (χ2v) is 5.62. The van der Waals surface area contributed by atoms with Gasteiger partial charge in [-0.1, -0.05) is 23.8 Å². The van der Waals surface area contributed by atoms with Crippen LogP contribution in [-0.4, -0.2) is 19.6 Å². The van der Waals surface area contributed by atoms with Crippen LogP contribution in [0.1, 0.15) is 32.6 Å². The van der Waals surface area contributed by atoms with Gasteiger partial charge < -0.3 is 10.1 Å². The summed E-state index contributed by atoms with van der Waals surface area (Å²) < 4.78 is 5.36. The van der Waals surface area contributed by atoms with Crippen LogP contribution in [0.25, 0.3) is 0 Å². The fraction of sp³-hybridized carbons (Fsp3) is 0.316. The van der Waals surface area contributed by atoms with E-state index in [2.05, 4.69) is 18.3 Å². The Kier molecular flexibility index (Phi) is 5.21. The highest BCUT2D eigenvalue weighted by Crippen LogP contribution is 2.19. The molecule has 3 nitrogen and oxygen atoms in total. The van der Waals surface area contributed by atoms with Crippen LogP contribution < -0.4 is 10.1 Å². The number of ether oxygens (including phenoxy) is 1. The lowest BCUT2D eigenvalue weighted by Crippen LogP contribution is -2.25. The van der Waals surface area contributed by atoms with Gasteiger partial charge in [-0.05, 0) is 62.1 Å². The Bertz CT molecular complexity index is 677. The molecular formula is C19H23NO2. The molecule has 0 fully saturated rings. The average molecular weight is 297 g/mol. The molecule has 0 aromatic heterocycles. The zero-order chi connectivity index (χ0) is 16.1. The molecular weight excluding hydrogens is 274 g/mol. The Morgan fingerprint density at radius 3 is 2.50 bits per heavy atom. The Morgan fingerprint density at radius 1 is 1.05 bits per heavy atom. The van der Waals surface area contributed by atoms with Crippen LogP contribution in [0.15, 0.2) is 36.4 Å². The van der Waals surface area contributed by atoms with Crippen LogP contribution in [0.2, 0.25) is 0 Å². The Balaban J connectivity index is 1.97. The summed E-state index contributed by atoms with van der Waals surface area (Å²) in [5.41, 5.74) is 5.34. The fourth-order valence-electron chi connectivity index (χ4n) is 2.40. The number of benzene rings is 2. The summed E-state index contributed by atoms with van der Waals surface area (Å²) in [5, 5.41) is 2.97. The number of carbonyl (C=O) groups excluding carboxylic acids is 1. The molecule has 0 spiro atoms. The maximum absolute atomic E-state index is 12.2. The van der Waals surface area contributed by atoms with Gasteiger partial charge >= 0.3 is 0 Å². The zero-order valence-corrected chi connectivity index (χ0v) is 13.7. The third-order valence-corrected chi connectivity index (χ3v) is 3.88. The summed E-state index contributed by atoms with van der Waals surface area (Å²) in [6.07, 6.45) is 0.751. The summed E-state index contributed by atoms with van der Waals surface area (Å²) in [6.45, 7) is 6.70. The standard InChI is InChI=1S/C19H23NO2/c1-13-5-8-18(22-4)16(11-13)9-10-20-19(21)17-7-6-14(2)15(3)12-17/h5-8,11-12H,9-10H2,1-4H3,(H,20,21). The topological polar surface area (TPSA) is 38.3 Å². The van der Waals surface area contributed by atoms with Gasteiger partial charge in [0.05, 0.1) is 7.11 Å². The van der Waals surface area contributed by atoms with E-state index in [1.807, 2.05) is 44.2 Å². The maximum Gasteiger partial charge on any atom is 0.251 e. The molecule has 0 radical (unpaired) electrons. The molecule has 2 aromatic carbocycles. The van der Waals surface area contributed by atoms with Gasteiger partial charge in [0.1, 0.15) is 5.75 Å². The van der Waals surface area contributed by atoms with Crippen molar-refractivity contribution < 1.29 is 9.53 Å². The van der Waals surface area contributed by atoms with E-state index in [4.69, 9.17) is 4.74 Å². The zero-order valence-electron chi connectivity index (χ0n) is 13.7. The van der Waals surface area contributed by atoms with Gasteiger partial charge in [-0.25, -0.2) is 0 Å². The minimum atomic E-state index is -0.0327. The number of amides is 1. The van der Waals surface area contributed by atoms with Crippen LogP contribution in [0.5, 0.6) is 5.75 Å². The summed E-state index contributed by atoms with van der Waals surface area (Å²) >= 11 is 0. The molecule has 0 bridgehead atoms. The lowest BCUT2D eigenvalue weighted by Gasteiger charge is -2.11. The summed E-state index contributed by atoms with van der Waals surface area (Å²) in [7, 11) is 1.67. The molecule has 2 rings (SSSR count).